The molecule has 0 aliphatic carbocycles. The number of unbranched alkanes of at least 4 members (excludes halogenated alkanes) is 30. The van der Waals surface area contributed by atoms with Gasteiger partial charge in [0.05, 0.1) is 0 Å². The van der Waals surface area contributed by atoms with Crippen molar-refractivity contribution in [2.75, 3.05) is 13.2 Å². The highest BCUT2D eigenvalue weighted by Gasteiger charge is 2.19. The first-order valence-corrected chi connectivity index (χ1v) is 27.1. The Morgan fingerprint density at radius 1 is 0.317 bits per heavy atom. The van der Waals surface area contributed by atoms with Gasteiger partial charge in [0, 0.05) is 19.3 Å². The van der Waals surface area contributed by atoms with Crippen LogP contribution in [-0.2, 0) is 28.6 Å². The van der Waals surface area contributed by atoms with Gasteiger partial charge in [0.15, 0.2) is 6.10 Å². The molecule has 0 amide bonds. The lowest BCUT2D eigenvalue weighted by Gasteiger charge is -2.18. The molecule has 0 aromatic carbocycles. The van der Waals surface area contributed by atoms with Crippen LogP contribution in [-0.4, -0.2) is 37.2 Å². The molecule has 6 heteroatoms. The zero-order valence-electron chi connectivity index (χ0n) is 41.8. The molecule has 0 saturated carbocycles. The number of hydrogen-bond donors (Lipinski definition) is 0. The minimum Gasteiger partial charge on any atom is -0.462 e. The standard InChI is InChI=1S/C57H102O6/c1-4-7-10-13-16-19-22-25-27-28-29-30-31-33-35-38-41-44-47-50-56(59)62-53-54(52-61-55(58)49-46-43-40-37-34-24-21-18-15-12-9-6-3)63-57(60)51-48-45-42-39-36-32-26-23-20-17-14-11-8-5-2/h16,18-19,21,23,25-27,54H,4-15,17,20,22,24,28-53H2,1-3H3/b19-16-,21-18-,26-23-,27-25-/t54-/m1/s1. The van der Waals surface area contributed by atoms with E-state index in [2.05, 4.69) is 69.4 Å². The fourth-order valence-corrected chi connectivity index (χ4v) is 7.64. The van der Waals surface area contributed by atoms with Gasteiger partial charge in [0.2, 0.25) is 0 Å². The molecule has 0 radical (unpaired) electrons. The van der Waals surface area contributed by atoms with Gasteiger partial charge in [-0.2, -0.15) is 0 Å². The summed E-state index contributed by atoms with van der Waals surface area (Å²) in [6, 6.07) is 0. The number of ether oxygens (including phenoxy) is 3. The van der Waals surface area contributed by atoms with Crippen molar-refractivity contribution >= 4 is 17.9 Å². The van der Waals surface area contributed by atoms with Crippen molar-refractivity contribution < 1.29 is 28.6 Å². The number of carbonyl (C=O) groups is 3. The molecule has 0 aromatic rings. The summed E-state index contributed by atoms with van der Waals surface area (Å²) in [5.41, 5.74) is 0. The second kappa shape index (κ2) is 52.0. The van der Waals surface area contributed by atoms with E-state index in [0.29, 0.717) is 19.3 Å². The quantitative estimate of drug-likeness (QED) is 0.0262. The number of rotatable bonds is 49. The highest BCUT2D eigenvalue weighted by atomic mass is 16.6. The van der Waals surface area contributed by atoms with Crippen molar-refractivity contribution in [1.82, 2.24) is 0 Å². The Morgan fingerprint density at radius 2 is 0.571 bits per heavy atom. The van der Waals surface area contributed by atoms with Gasteiger partial charge in [-0.1, -0.05) is 204 Å². The summed E-state index contributed by atoms with van der Waals surface area (Å²) in [7, 11) is 0. The zero-order valence-corrected chi connectivity index (χ0v) is 41.8. The Balaban J connectivity index is 4.35. The van der Waals surface area contributed by atoms with E-state index in [1.165, 1.54) is 154 Å². The van der Waals surface area contributed by atoms with E-state index in [4.69, 9.17) is 14.2 Å². The predicted octanol–water partition coefficient (Wildman–Crippen LogP) is 17.9. The summed E-state index contributed by atoms with van der Waals surface area (Å²) in [5.74, 6) is -0.894. The molecule has 1 atom stereocenters. The van der Waals surface area contributed by atoms with Crippen molar-refractivity contribution in [3.05, 3.63) is 48.6 Å². The van der Waals surface area contributed by atoms with Gasteiger partial charge in [-0.3, -0.25) is 14.4 Å². The van der Waals surface area contributed by atoms with Crippen LogP contribution >= 0.6 is 0 Å². The molecule has 6 nitrogen and oxygen atoms in total. The number of allylic oxidation sites excluding steroid dienone is 8. The van der Waals surface area contributed by atoms with Crippen molar-refractivity contribution in [2.45, 2.75) is 284 Å². The van der Waals surface area contributed by atoms with Crippen LogP contribution in [0.15, 0.2) is 48.6 Å². The maximum absolute atomic E-state index is 12.8. The molecule has 0 spiro atoms. The van der Waals surface area contributed by atoms with E-state index in [1.807, 2.05) is 0 Å². The molecule has 0 rings (SSSR count). The fourth-order valence-electron chi connectivity index (χ4n) is 7.64. The summed E-state index contributed by atoms with van der Waals surface area (Å²) in [5, 5.41) is 0. The van der Waals surface area contributed by atoms with Crippen LogP contribution in [0, 0.1) is 0 Å². The van der Waals surface area contributed by atoms with Gasteiger partial charge in [-0.15, -0.1) is 0 Å². The second-order valence-corrected chi connectivity index (χ2v) is 18.1. The van der Waals surface area contributed by atoms with Crippen LogP contribution in [0.25, 0.3) is 0 Å². The molecule has 63 heavy (non-hydrogen) atoms. The Morgan fingerprint density at radius 3 is 0.921 bits per heavy atom. The Labute approximate surface area is 390 Å². The Hall–Kier alpha value is -2.63. The first-order chi connectivity index (χ1) is 31.0. The summed E-state index contributed by atoms with van der Waals surface area (Å²) < 4.78 is 16.8. The van der Waals surface area contributed by atoms with E-state index < -0.39 is 6.10 Å². The smallest absolute Gasteiger partial charge is 0.306 e. The average molecular weight is 883 g/mol. The van der Waals surface area contributed by atoms with Crippen LogP contribution in [0.1, 0.15) is 278 Å². The number of hydrogen-bond acceptors (Lipinski definition) is 6. The van der Waals surface area contributed by atoms with Gasteiger partial charge in [0.1, 0.15) is 13.2 Å². The summed E-state index contributed by atoms with van der Waals surface area (Å²) in [6.45, 7) is 6.58. The summed E-state index contributed by atoms with van der Waals surface area (Å²) >= 11 is 0. The molecular formula is C57H102O6. The highest BCUT2D eigenvalue weighted by Crippen LogP contribution is 2.15. The van der Waals surface area contributed by atoms with Crippen LogP contribution in [0.2, 0.25) is 0 Å². The average Bonchev–Trinajstić information content (AvgIpc) is 3.28. The Kier molecular flexibility index (Phi) is 49.8. The zero-order chi connectivity index (χ0) is 45.8. The van der Waals surface area contributed by atoms with Crippen LogP contribution in [0.5, 0.6) is 0 Å². The van der Waals surface area contributed by atoms with Gasteiger partial charge in [-0.25, -0.2) is 0 Å². The normalized spacial score (nSPS) is 12.4. The fraction of sp³-hybridized carbons (Fsp3) is 0.807. The molecule has 0 N–H and O–H groups in total. The molecule has 0 aliphatic heterocycles. The van der Waals surface area contributed by atoms with E-state index in [-0.39, 0.29) is 31.1 Å². The lowest BCUT2D eigenvalue weighted by atomic mass is 10.1. The molecule has 0 fully saturated rings. The number of carbonyl (C=O) groups excluding carboxylic acids is 3. The molecule has 0 saturated heterocycles. The minimum absolute atomic E-state index is 0.0802. The first-order valence-electron chi connectivity index (χ1n) is 27.1. The van der Waals surface area contributed by atoms with E-state index in [1.54, 1.807) is 0 Å². The predicted molar refractivity (Wildman–Crippen MR) is 270 cm³/mol. The molecule has 0 unspecified atom stereocenters. The van der Waals surface area contributed by atoms with Crippen molar-refractivity contribution in [1.29, 1.82) is 0 Å². The monoisotopic (exact) mass is 883 g/mol. The largest absolute Gasteiger partial charge is 0.462 e. The SMILES string of the molecule is CCCCC/C=C\C/C=C\CCCCCCCCCCCC(=O)OC[C@@H](COC(=O)CCCCCCC/C=C\CCCCC)OC(=O)CCCCCCC/C=C\CCCCCCC. The van der Waals surface area contributed by atoms with Crippen molar-refractivity contribution in [3.8, 4) is 0 Å². The van der Waals surface area contributed by atoms with Crippen molar-refractivity contribution in [3.63, 3.8) is 0 Å². The second-order valence-electron chi connectivity index (χ2n) is 18.1. The highest BCUT2D eigenvalue weighted by molar-refractivity contribution is 5.71. The van der Waals surface area contributed by atoms with Crippen LogP contribution in [0.3, 0.4) is 0 Å². The van der Waals surface area contributed by atoms with Gasteiger partial charge >= 0.3 is 17.9 Å². The summed E-state index contributed by atoms with van der Waals surface area (Å²) in [4.78, 5) is 38.0. The molecule has 0 aromatic heterocycles. The maximum atomic E-state index is 12.8. The lowest BCUT2D eigenvalue weighted by molar-refractivity contribution is -0.167. The first kappa shape index (κ1) is 60.4. The third kappa shape index (κ3) is 50.2. The van der Waals surface area contributed by atoms with Crippen LogP contribution in [0.4, 0.5) is 0 Å². The third-order valence-electron chi connectivity index (χ3n) is 11.8. The molecular weight excluding hydrogens is 781 g/mol. The molecule has 366 valence electrons. The minimum atomic E-state index is -0.780. The Bertz CT molecular complexity index is 1110. The lowest BCUT2D eigenvalue weighted by Crippen LogP contribution is -2.30. The van der Waals surface area contributed by atoms with E-state index in [0.717, 1.165) is 83.5 Å². The van der Waals surface area contributed by atoms with Gasteiger partial charge < -0.3 is 14.2 Å². The van der Waals surface area contributed by atoms with E-state index >= 15 is 0 Å². The molecule has 0 heterocycles. The van der Waals surface area contributed by atoms with Gasteiger partial charge in [0.25, 0.3) is 0 Å². The van der Waals surface area contributed by atoms with Crippen LogP contribution < -0.4 is 0 Å². The topological polar surface area (TPSA) is 78.9 Å². The van der Waals surface area contributed by atoms with Gasteiger partial charge in [-0.05, 0) is 103 Å². The molecule has 0 aliphatic rings. The summed E-state index contributed by atoms with van der Waals surface area (Å²) in [6.07, 6.45) is 62.3. The van der Waals surface area contributed by atoms with Crippen molar-refractivity contribution in [2.24, 2.45) is 0 Å². The maximum Gasteiger partial charge on any atom is 0.306 e. The molecule has 0 bridgehead atoms. The number of esters is 3. The van der Waals surface area contributed by atoms with E-state index in [9.17, 15) is 14.4 Å². The third-order valence-corrected chi connectivity index (χ3v) is 11.8.